The maximum absolute atomic E-state index is 10.4. The fourth-order valence-electron chi connectivity index (χ4n) is 0.899. The Labute approximate surface area is 80.2 Å². The molecule has 5 N–H and O–H groups in total. The van der Waals surface area contributed by atoms with Crippen molar-refractivity contribution in [1.29, 1.82) is 0 Å². The van der Waals surface area contributed by atoms with Gasteiger partial charge in [-0.25, -0.2) is 0 Å². The van der Waals surface area contributed by atoms with E-state index in [1.807, 2.05) is 0 Å². The molecule has 0 rings (SSSR count). The molecule has 0 spiro atoms. The van der Waals surface area contributed by atoms with Gasteiger partial charge in [0.2, 0.25) is 0 Å². The first-order chi connectivity index (χ1) is 5.27. The summed E-state index contributed by atoms with van der Waals surface area (Å²) in [5, 5.41) is 9.22. The van der Waals surface area contributed by atoms with Gasteiger partial charge in [-0.15, -0.1) is 0 Å². The van der Waals surface area contributed by atoms with Crippen molar-refractivity contribution in [3.8, 4) is 0 Å². The molecule has 0 aromatic carbocycles. The van der Waals surface area contributed by atoms with Gasteiger partial charge in [0.25, 0.3) is 0 Å². The Bertz CT molecular complexity index is 172. The molecule has 0 fully saturated rings. The van der Waals surface area contributed by atoms with Crippen molar-refractivity contribution in [2.45, 2.75) is 39.4 Å². The molecule has 0 bridgehead atoms. The van der Waals surface area contributed by atoms with Crippen LogP contribution < -0.4 is 6.15 Å². The maximum Gasteiger partial charge on any atom is 0.765 e. The van der Waals surface area contributed by atoms with E-state index in [1.54, 1.807) is 27.7 Å². The molecule has 2 atom stereocenters. The van der Waals surface area contributed by atoms with E-state index in [9.17, 15) is 9.57 Å². The summed E-state index contributed by atoms with van der Waals surface area (Å²) in [5.74, 6) is -0.182. The van der Waals surface area contributed by atoms with E-state index < -0.39 is 20.9 Å². The first-order valence-electron chi connectivity index (χ1n) is 3.87. The molecule has 0 saturated carbocycles. The fourth-order valence-corrected chi connectivity index (χ4v) is 1.53. The molecule has 13 heavy (non-hydrogen) atoms. The van der Waals surface area contributed by atoms with Gasteiger partial charge in [0, 0.05) is 5.92 Å². The zero-order valence-electron chi connectivity index (χ0n) is 8.57. The van der Waals surface area contributed by atoms with Gasteiger partial charge in [0.1, 0.15) is 0 Å². The molecule has 80 valence electrons. The Morgan fingerprint density at radius 2 is 1.77 bits per heavy atom. The van der Waals surface area contributed by atoms with Crippen molar-refractivity contribution >= 4 is 9.17 Å². The number of aliphatic hydroxyl groups excluding tert-OH is 1. The summed E-state index contributed by atoms with van der Waals surface area (Å²) in [6, 6.07) is 0. The topological polar surface area (TPSA) is 102 Å². The van der Waals surface area contributed by atoms with Crippen LogP contribution in [0.5, 0.6) is 0 Å². The van der Waals surface area contributed by atoms with Crippen LogP contribution in [0.15, 0.2) is 0 Å². The standard InChI is InChI=1S/C7H16O4Si.H3N/c1-5(6(2)8)7(3,4)11-12(9)10;/h5-6,8-9H,1-4H3;1H3. The maximum atomic E-state index is 10.4. The summed E-state index contributed by atoms with van der Waals surface area (Å²) in [4.78, 5) is 8.56. The van der Waals surface area contributed by atoms with Gasteiger partial charge >= 0.3 is 9.17 Å². The minimum absolute atomic E-state index is 0. The lowest BCUT2D eigenvalue weighted by molar-refractivity contribution is -0.0289. The van der Waals surface area contributed by atoms with E-state index >= 15 is 0 Å². The Hall–Kier alpha value is -0.463. The molecule has 0 heterocycles. The molecular weight excluding hydrogens is 190 g/mol. The summed E-state index contributed by atoms with van der Waals surface area (Å²) < 4.78 is 15.2. The Morgan fingerprint density at radius 3 is 2.00 bits per heavy atom. The summed E-state index contributed by atoms with van der Waals surface area (Å²) >= 11 is 0. The van der Waals surface area contributed by atoms with E-state index in [1.165, 1.54) is 0 Å². The average molecular weight is 209 g/mol. The van der Waals surface area contributed by atoms with Gasteiger partial charge in [-0.3, -0.25) is 4.46 Å². The van der Waals surface area contributed by atoms with Crippen molar-refractivity contribution in [3.05, 3.63) is 0 Å². The zero-order valence-corrected chi connectivity index (χ0v) is 9.57. The molecule has 2 unspecified atom stereocenters. The van der Waals surface area contributed by atoms with Crippen molar-refractivity contribution in [2.24, 2.45) is 5.92 Å². The lowest BCUT2D eigenvalue weighted by atomic mass is 9.89. The van der Waals surface area contributed by atoms with E-state index in [4.69, 9.17) is 9.22 Å². The summed E-state index contributed by atoms with van der Waals surface area (Å²) in [5.41, 5.74) is -0.765. The Kier molecular flexibility index (Phi) is 6.13. The largest absolute Gasteiger partial charge is 0.765 e. The van der Waals surface area contributed by atoms with E-state index in [0.717, 1.165) is 0 Å². The van der Waals surface area contributed by atoms with Crippen LogP contribution in [0.4, 0.5) is 0 Å². The number of aliphatic hydroxyl groups is 1. The second-order valence-electron chi connectivity index (χ2n) is 3.50. The van der Waals surface area contributed by atoms with E-state index in [-0.39, 0.29) is 12.1 Å². The molecule has 0 amide bonds. The van der Waals surface area contributed by atoms with Crippen LogP contribution in [-0.2, 0) is 8.89 Å². The highest BCUT2D eigenvalue weighted by atomic mass is 28.3. The van der Waals surface area contributed by atoms with Gasteiger partial charge < -0.3 is 20.5 Å². The predicted octanol–water partition coefficient (Wildman–Crippen LogP) is 0.368. The highest BCUT2D eigenvalue weighted by Gasteiger charge is 2.33. The van der Waals surface area contributed by atoms with Crippen molar-refractivity contribution < 1.29 is 18.8 Å². The van der Waals surface area contributed by atoms with Crippen LogP contribution in [0.25, 0.3) is 0 Å². The monoisotopic (exact) mass is 209 g/mol. The van der Waals surface area contributed by atoms with Crippen LogP contribution in [0, 0.1) is 5.92 Å². The quantitative estimate of drug-likeness (QED) is 0.580. The highest BCUT2D eigenvalue weighted by molar-refractivity contribution is 6.24. The second kappa shape index (κ2) is 5.31. The predicted molar refractivity (Wildman–Crippen MR) is 49.7 cm³/mol. The van der Waals surface area contributed by atoms with Crippen LogP contribution in [0.1, 0.15) is 27.7 Å². The molecule has 0 saturated heterocycles. The SMILES string of the molecule is CC(O)C(C)C(C)(C)O[Si](=O)O.N. The molecule has 5 nitrogen and oxygen atoms in total. The van der Waals surface area contributed by atoms with Crippen molar-refractivity contribution in [3.63, 3.8) is 0 Å². The van der Waals surface area contributed by atoms with Crippen molar-refractivity contribution in [1.82, 2.24) is 6.15 Å². The lowest BCUT2D eigenvalue weighted by Crippen LogP contribution is -2.41. The first kappa shape index (κ1) is 15.0. The number of hydrogen-bond donors (Lipinski definition) is 3. The third-order valence-corrected chi connectivity index (χ3v) is 2.87. The van der Waals surface area contributed by atoms with E-state index in [0.29, 0.717) is 0 Å². The molecule has 0 aromatic heterocycles. The number of hydrogen-bond acceptors (Lipinski definition) is 4. The summed E-state index contributed by atoms with van der Waals surface area (Å²) in [6.45, 7) is 6.77. The fraction of sp³-hybridized carbons (Fsp3) is 1.00. The Morgan fingerprint density at radius 1 is 1.38 bits per heavy atom. The third-order valence-electron chi connectivity index (χ3n) is 2.17. The first-order valence-corrected chi connectivity index (χ1v) is 5.13. The lowest BCUT2D eigenvalue weighted by Gasteiger charge is -2.32. The molecule has 6 heteroatoms. The molecule has 0 aromatic rings. The average Bonchev–Trinajstić information content (AvgIpc) is 1.82. The minimum atomic E-state index is -2.93. The Balaban J connectivity index is 0. The van der Waals surface area contributed by atoms with Crippen LogP contribution in [0.3, 0.4) is 0 Å². The van der Waals surface area contributed by atoms with Crippen molar-refractivity contribution in [2.75, 3.05) is 0 Å². The van der Waals surface area contributed by atoms with Gasteiger partial charge in [-0.1, -0.05) is 6.92 Å². The van der Waals surface area contributed by atoms with Gasteiger partial charge in [0.05, 0.1) is 11.7 Å². The third kappa shape index (κ3) is 4.97. The van der Waals surface area contributed by atoms with Crippen LogP contribution in [0.2, 0.25) is 0 Å². The van der Waals surface area contributed by atoms with Gasteiger partial charge in [-0.2, -0.15) is 0 Å². The minimum Gasteiger partial charge on any atom is -0.511 e. The van der Waals surface area contributed by atoms with E-state index in [2.05, 4.69) is 0 Å². The summed E-state index contributed by atoms with van der Waals surface area (Å²) in [7, 11) is -2.93. The highest BCUT2D eigenvalue weighted by Crippen LogP contribution is 2.23. The zero-order chi connectivity index (χ0) is 9.94. The molecular formula is C7H19NO4Si. The molecule has 0 aliphatic rings. The molecule has 0 aliphatic carbocycles. The molecule has 0 radical (unpaired) electrons. The van der Waals surface area contributed by atoms with Gasteiger partial charge in [-0.05, 0) is 20.8 Å². The number of rotatable bonds is 4. The second-order valence-corrected chi connectivity index (χ2v) is 4.24. The molecule has 0 aliphatic heterocycles. The van der Waals surface area contributed by atoms with Gasteiger partial charge in [0.15, 0.2) is 0 Å². The smallest absolute Gasteiger partial charge is 0.511 e. The normalized spacial score (nSPS) is 15.5. The van der Waals surface area contributed by atoms with Crippen LogP contribution >= 0.6 is 0 Å². The summed E-state index contributed by atoms with van der Waals surface area (Å²) in [6.07, 6.45) is -0.554. The van der Waals surface area contributed by atoms with Crippen LogP contribution in [-0.4, -0.2) is 30.8 Å².